The molecule has 86 valence electrons. The molecule has 16 heavy (non-hydrogen) atoms. The third kappa shape index (κ3) is 2.62. The van der Waals surface area contributed by atoms with Gasteiger partial charge in [0.2, 0.25) is 0 Å². The van der Waals surface area contributed by atoms with Gasteiger partial charge in [0.15, 0.2) is 11.5 Å². The highest BCUT2D eigenvalue weighted by Gasteiger charge is 2.07. The minimum absolute atomic E-state index is 0.516. The zero-order valence-corrected chi connectivity index (χ0v) is 10.8. The maximum Gasteiger partial charge on any atom is 0.195 e. The van der Waals surface area contributed by atoms with Gasteiger partial charge in [-0.25, -0.2) is 4.98 Å². The number of benzene rings is 1. The van der Waals surface area contributed by atoms with Crippen molar-refractivity contribution in [2.45, 2.75) is 19.8 Å². The standard InChI is InChI=1S/C12H15BrN2O/c1-8(7-14)2-5-12-15-10-6-9(13)3-4-11(10)16-12/h3-4,6,8H,2,5,7,14H2,1H3. The molecule has 1 heterocycles. The molecule has 0 spiro atoms. The second kappa shape index (κ2) is 4.97. The Kier molecular flexibility index (Phi) is 3.61. The third-order valence-corrected chi connectivity index (χ3v) is 3.14. The molecule has 0 saturated heterocycles. The van der Waals surface area contributed by atoms with Crippen molar-refractivity contribution in [2.24, 2.45) is 11.7 Å². The largest absolute Gasteiger partial charge is 0.441 e. The van der Waals surface area contributed by atoms with Crippen LogP contribution in [0, 0.1) is 5.92 Å². The molecule has 0 aliphatic heterocycles. The van der Waals surface area contributed by atoms with Gasteiger partial charge in [-0.3, -0.25) is 0 Å². The van der Waals surface area contributed by atoms with Gasteiger partial charge >= 0.3 is 0 Å². The van der Waals surface area contributed by atoms with Crippen molar-refractivity contribution in [2.75, 3.05) is 6.54 Å². The summed E-state index contributed by atoms with van der Waals surface area (Å²) in [7, 11) is 0. The Labute approximate surface area is 103 Å². The number of rotatable bonds is 4. The first-order valence-corrected chi connectivity index (χ1v) is 6.23. The van der Waals surface area contributed by atoms with E-state index in [-0.39, 0.29) is 0 Å². The molecule has 0 radical (unpaired) electrons. The van der Waals surface area contributed by atoms with Crippen LogP contribution in [0.25, 0.3) is 11.1 Å². The first-order valence-electron chi connectivity index (χ1n) is 5.44. The van der Waals surface area contributed by atoms with E-state index in [0.29, 0.717) is 12.5 Å². The molecule has 0 aliphatic carbocycles. The van der Waals surface area contributed by atoms with E-state index >= 15 is 0 Å². The van der Waals surface area contributed by atoms with Crippen molar-refractivity contribution in [3.8, 4) is 0 Å². The Balaban J connectivity index is 2.13. The fraction of sp³-hybridized carbons (Fsp3) is 0.417. The van der Waals surface area contributed by atoms with Crippen LogP contribution in [0.3, 0.4) is 0 Å². The van der Waals surface area contributed by atoms with Crippen LogP contribution >= 0.6 is 15.9 Å². The summed E-state index contributed by atoms with van der Waals surface area (Å²) in [6, 6.07) is 5.86. The summed E-state index contributed by atoms with van der Waals surface area (Å²) in [6.07, 6.45) is 1.87. The molecule has 2 aromatic rings. The van der Waals surface area contributed by atoms with Crippen molar-refractivity contribution in [3.63, 3.8) is 0 Å². The summed E-state index contributed by atoms with van der Waals surface area (Å²) in [5.41, 5.74) is 7.33. The maximum atomic E-state index is 5.65. The highest BCUT2D eigenvalue weighted by atomic mass is 79.9. The van der Waals surface area contributed by atoms with Gasteiger partial charge in [0, 0.05) is 10.9 Å². The van der Waals surface area contributed by atoms with Crippen molar-refractivity contribution in [1.82, 2.24) is 4.98 Å². The minimum Gasteiger partial charge on any atom is -0.441 e. The second-order valence-electron chi connectivity index (χ2n) is 4.10. The molecular formula is C12H15BrN2O. The average molecular weight is 283 g/mol. The lowest BCUT2D eigenvalue weighted by Gasteiger charge is -2.04. The molecule has 0 aliphatic rings. The molecule has 2 rings (SSSR count). The maximum absolute atomic E-state index is 5.65. The normalized spacial score (nSPS) is 13.2. The molecule has 1 atom stereocenters. The molecule has 2 N–H and O–H groups in total. The Bertz CT molecular complexity index is 481. The van der Waals surface area contributed by atoms with Crippen molar-refractivity contribution < 1.29 is 4.42 Å². The van der Waals surface area contributed by atoms with E-state index in [9.17, 15) is 0 Å². The second-order valence-corrected chi connectivity index (χ2v) is 5.01. The number of halogens is 1. The van der Waals surface area contributed by atoms with E-state index in [0.717, 1.165) is 34.3 Å². The quantitative estimate of drug-likeness (QED) is 0.938. The molecule has 0 fully saturated rings. The Morgan fingerprint density at radius 3 is 3.06 bits per heavy atom. The highest BCUT2D eigenvalue weighted by molar-refractivity contribution is 9.10. The van der Waals surface area contributed by atoms with Gasteiger partial charge in [-0.2, -0.15) is 0 Å². The molecule has 4 heteroatoms. The Morgan fingerprint density at radius 2 is 2.31 bits per heavy atom. The van der Waals surface area contributed by atoms with Crippen LogP contribution in [-0.2, 0) is 6.42 Å². The lowest BCUT2D eigenvalue weighted by atomic mass is 10.1. The fourth-order valence-electron chi connectivity index (χ4n) is 1.54. The minimum atomic E-state index is 0.516. The van der Waals surface area contributed by atoms with E-state index in [2.05, 4.69) is 27.8 Å². The molecule has 1 aromatic heterocycles. The smallest absolute Gasteiger partial charge is 0.195 e. The number of aromatic nitrogens is 1. The number of nitrogens with zero attached hydrogens (tertiary/aromatic N) is 1. The SMILES string of the molecule is CC(CN)CCc1nc2cc(Br)ccc2o1. The zero-order chi connectivity index (χ0) is 11.5. The molecule has 1 aromatic carbocycles. The molecule has 3 nitrogen and oxygen atoms in total. The summed E-state index contributed by atoms with van der Waals surface area (Å²) in [6.45, 7) is 2.85. The van der Waals surface area contributed by atoms with Gasteiger partial charge in [0.05, 0.1) is 0 Å². The van der Waals surface area contributed by atoms with Crippen molar-refractivity contribution in [3.05, 3.63) is 28.6 Å². The predicted molar refractivity (Wildman–Crippen MR) is 68.2 cm³/mol. The summed E-state index contributed by atoms with van der Waals surface area (Å²) >= 11 is 3.42. The number of aryl methyl sites for hydroxylation is 1. The van der Waals surface area contributed by atoms with Crippen LogP contribution in [-0.4, -0.2) is 11.5 Å². The molecule has 0 saturated carbocycles. The van der Waals surface area contributed by atoms with Crippen LogP contribution < -0.4 is 5.73 Å². The van der Waals surface area contributed by atoms with Gasteiger partial charge in [0.25, 0.3) is 0 Å². The zero-order valence-electron chi connectivity index (χ0n) is 9.24. The molecule has 0 bridgehead atoms. The van der Waals surface area contributed by atoms with Crippen LogP contribution in [0.1, 0.15) is 19.2 Å². The lowest BCUT2D eigenvalue weighted by Crippen LogP contribution is -2.11. The third-order valence-electron chi connectivity index (χ3n) is 2.65. The van der Waals surface area contributed by atoms with Crippen LogP contribution in [0.15, 0.2) is 27.1 Å². The molecule has 0 amide bonds. The first-order chi connectivity index (χ1) is 7.69. The first kappa shape index (κ1) is 11.6. The predicted octanol–water partition coefficient (Wildman–Crippen LogP) is 3.12. The van der Waals surface area contributed by atoms with Gasteiger partial charge in [0.1, 0.15) is 5.52 Å². The molecule has 1 unspecified atom stereocenters. The van der Waals surface area contributed by atoms with Crippen LogP contribution in [0.4, 0.5) is 0 Å². The average Bonchev–Trinajstić information content (AvgIpc) is 2.67. The van der Waals surface area contributed by atoms with Gasteiger partial charge in [-0.1, -0.05) is 22.9 Å². The monoisotopic (exact) mass is 282 g/mol. The fourth-order valence-corrected chi connectivity index (χ4v) is 1.89. The van der Waals surface area contributed by atoms with Crippen molar-refractivity contribution in [1.29, 1.82) is 0 Å². The van der Waals surface area contributed by atoms with E-state index in [1.165, 1.54) is 0 Å². The lowest BCUT2D eigenvalue weighted by molar-refractivity contribution is 0.471. The summed E-state index contributed by atoms with van der Waals surface area (Å²) in [5.74, 6) is 1.31. The van der Waals surface area contributed by atoms with E-state index < -0.39 is 0 Å². The van der Waals surface area contributed by atoms with Crippen LogP contribution in [0.2, 0.25) is 0 Å². The number of nitrogens with two attached hydrogens (primary N) is 1. The summed E-state index contributed by atoms with van der Waals surface area (Å²) in [5, 5.41) is 0. The number of oxazole rings is 1. The van der Waals surface area contributed by atoms with Gasteiger partial charge < -0.3 is 10.2 Å². The molecular weight excluding hydrogens is 268 g/mol. The topological polar surface area (TPSA) is 52.0 Å². The summed E-state index contributed by atoms with van der Waals surface area (Å²) < 4.78 is 6.67. The summed E-state index contributed by atoms with van der Waals surface area (Å²) in [4.78, 5) is 4.44. The number of hydrogen-bond donors (Lipinski definition) is 1. The highest BCUT2D eigenvalue weighted by Crippen LogP contribution is 2.21. The van der Waals surface area contributed by atoms with Crippen LogP contribution in [0.5, 0.6) is 0 Å². The van der Waals surface area contributed by atoms with E-state index in [4.69, 9.17) is 10.2 Å². The Morgan fingerprint density at radius 1 is 1.50 bits per heavy atom. The number of hydrogen-bond acceptors (Lipinski definition) is 3. The van der Waals surface area contributed by atoms with Gasteiger partial charge in [-0.15, -0.1) is 0 Å². The van der Waals surface area contributed by atoms with E-state index in [1.807, 2.05) is 18.2 Å². The number of fused-ring (bicyclic) bond motifs is 1. The van der Waals surface area contributed by atoms with E-state index in [1.54, 1.807) is 0 Å². The van der Waals surface area contributed by atoms with Crippen molar-refractivity contribution >= 4 is 27.0 Å². The van der Waals surface area contributed by atoms with Gasteiger partial charge in [-0.05, 0) is 37.1 Å². The Hall–Kier alpha value is -0.870.